The average molecular weight is 217 g/mol. The summed E-state index contributed by atoms with van der Waals surface area (Å²) >= 11 is 0. The van der Waals surface area contributed by atoms with Gasteiger partial charge in [0.1, 0.15) is 11.5 Å². The highest BCUT2D eigenvalue weighted by Crippen LogP contribution is 2.30. The van der Waals surface area contributed by atoms with E-state index >= 15 is 0 Å². The van der Waals surface area contributed by atoms with Crippen LogP contribution in [-0.2, 0) is 6.61 Å². The topological polar surface area (TPSA) is 46.3 Å². The quantitative estimate of drug-likeness (QED) is 0.841. The average Bonchev–Trinajstić information content (AvgIpc) is 2.59. The summed E-state index contributed by atoms with van der Waals surface area (Å²) in [5, 5.41) is 13.4. The van der Waals surface area contributed by atoms with Crippen LogP contribution in [0.15, 0.2) is 22.7 Å². The van der Waals surface area contributed by atoms with Crippen molar-refractivity contribution in [3.8, 4) is 11.3 Å². The summed E-state index contributed by atoms with van der Waals surface area (Å²) in [4.78, 5) is 0. The molecule has 0 saturated heterocycles. The minimum Gasteiger partial charge on any atom is -0.391 e. The number of aliphatic hydroxyl groups is 1. The van der Waals surface area contributed by atoms with E-state index in [-0.39, 0.29) is 6.61 Å². The van der Waals surface area contributed by atoms with Gasteiger partial charge in [0.25, 0.3) is 0 Å². The Bertz CT molecular complexity index is 494. The molecule has 0 unspecified atom stereocenters. The summed E-state index contributed by atoms with van der Waals surface area (Å²) in [6.45, 7) is 5.84. The Kier molecular flexibility index (Phi) is 2.79. The summed E-state index contributed by atoms with van der Waals surface area (Å²) in [5.74, 6) is 0.681. The molecule has 2 aromatic rings. The van der Waals surface area contributed by atoms with E-state index in [4.69, 9.17) is 4.52 Å². The third kappa shape index (κ3) is 1.63. The van der Waals surface area contributed by atoms with Crippen molar-refractivity contribution >= 4 is 0 Å². The van der Waals surface area contributed by atoms with E-state index in [2.05, 4.69) is 5.16 Å². The fourth-order valence-corrected chi connectivity index (χ4v) is 1.96. The van der Waals surface area contributed by atoms with E-state index in [9.17, 15) is 5.11 Å². The van der Waals surface area contributed by atoms with Gasteiger partial charge in [0.05, 0.1) is 6.61 Å². The van der Waals surface area contributed by atoms with Crippen molar-refractivity contribution in [3.63, 3.8) is 0 Å². The van der Waals surface area contributed by atoms with Gasteiger partial charge in [-0.25, -0.2) is 0 Å². The molecule has 0 saturated carbocycles. The van der Waals surface area contributed by atoms with Crippen molar-refractivity contribution in [1.82, 2.24) is 5.16 Å². The number of benzene rings is 1. The predicted molar refractivity (Wildman–Crippen MR) is 62.1 cm³/mol. The van der Waals surface area contributed by atoms with E-state index < -0.39 is 0 Å². The second-order valence-electron chi connectivity index (χ2n) is 3.99. The molecule has 84 valence electrons. The molecule has 0 amide bonds. The first-order valence-electron chi connectivity index (χ1n) is 5.27. The molecule has 16 heavy (non-hydrogen) atoms. The number of hydrogen-bond acceptors (Lipinski definition) is 3. The molecular weight excluding hydrogens is 202 g/mol. The zero-order valence-corrected chi connectivity index (χ0v) is 9.74. The SMILES string of the molecule is Cc1cccc(C)c1-c1noc(C)c1CO. The number of nitrogens with zero attached hydrogens (tertiary/aromatic N) is 1. The molecule has 0 bridgehead atoms. The summed E-state index contributed by atoms with van der Waals surface area (Å²) in [7, 11) is 0. The minimum absolute atomic E-state index is 0.0432. The lowest BCUT2D eigenvalue weighted by Crippen LogP contribution is -1.93. The van der Waals surface area contributed by atoms with Gasteiger partial charge >= 0.3 is 0 Å². The molecule has 1 N–H and O–H groups in total. The van der Waals surface area contributed by atoms with Crippen LogP contribution in [0.25, 0.3) is 11.3 Å². The third-order valence-electron chi connectivity index (χ3n) is 2.86. The first-order chi connectivity index (χ1) is 7.65. The molecule has 0 fully saturated rings. The van der Waals surface area contributed by atoms with Crippen molar-refractivity contribution in [3.05, 3.63) is 40.6 Å². The Morgan fingerprint density at radius 2 is 1.81 bits per heavy atom. The number of hydrogen-bond donors (Lipinski definition) is 1. The first-order valence-corrected chi connectivity index (χ1v) is 5.27. The van der Waals surface area contributed by atoms with Crippen molar-refractivity contribution < 1.29 is 9.63 Å². The normalized spacial score (nSPS) is 10.8. The van der Waals surface area contributed by atoms with E-state index in [0.29, 0.717) is 5.76 Å². The van der Waals surface area contributed by atoms with Crippen LogP contribution in [-0.4, -0.2) is 10.3 Å². The van der Waals surface area contributed by atoms with Crippen LogP contribution >= 0.6 is 0 Å². The second kappa shape index (κ2) is 4.10. The minimum atomic E-state index is -0.0432. The maximum atomic E-state index is 9.33. The largest absolute Gasteiger partial charge is 0.391 e. The molecule has 0 aliphatic carbocycles. The van der Waals surface area contributed by atoms with E-state index in [1.165, 1.54) is 0 Å². The number of aromatic nitrogens is 1. The van der Waals surface area contributed by atoms with Gasteiger partial charge in [-0.1, -0.05) is 23.4 Å². The number of aryl methyl sites for hydroxylation is 3. The summed E-state index contributed by atoms with van der Waals surface area (Å²) in [6.07, 6.45) is 0. The van der Waals surface area contributed by atoms with Gasteiger partial charge in [-0.2, -0.15) is 0 Å². The highest BCUT2D eigenvalue weighted by Gasteiger charge is 2.16. The zero-order chi connectivity index (χ0) is 11.7. The standard InChI is InChI=1S/C13H15NO2/c1-8-5-4-6-9(2)12(8)13-11(7-15)10(3)16-14-13/h4-6,15H,7H2,1-3H3. The fourth-order valence-electron chi connectivity index (χ4n) is 1.96. The van der Waals surface area contributed by atoms with Crippen LogP contribution in [0.5, 0.6) is 0 Å². The van der Waals surface area contributed by atoms with Gasteiger partial charge in [-0.3, -0.25) is 0 Å². The van der Waals surface area contributed by atoms with Crippen molar-refractivity contribution in [2.45, 2.75) is 27.4 Å². The van der Waals surface area contributed by atoms with E-state index in [1.54, 1.807) is 0 Å². The predicted octanol–water partition coefficient (Wildman–Crippen LogP) is 2.76. The van der Waals surface area contributed by atoms with Crippen LogP contribution in [0.3, 0.4) is 0 Å². The van der Waals surface area contributed by atoms with Crippen molar-refractivity contribution in [1.29, 1.82) is 0 Å². The van der Waals surface area contributed by atoms with Gasteiger partial charge in [0, 0.05) is 11.1 Å². The van der Waals surface area contributed by atoms with Crippen LogP contribution in [0, 0.1) is 20.8 Å². The Hall–Kier alpha value is -1.61. The van der Waals surface area contributed by atoms with Gasteiger partial charge in [0.15, 0.2) is 0 Å². The van der Waals surface area contributed by atoms with Crippen LogP contribution in [0.2, 0.25) is 0 Å². The molecule has 0 radical (unpaired) electrons. The molecule has 2 rings (SSSR count). The zero-order valence-electron chi connectivity index (χ0n) is 9.74. The van der Waals surface area contributed by atoms with Crippen LogP contribution in [0.4, 0.5) is 0 Å². The molecule has 3 heteroatoms. The molecule has 0 atom stereocenters. The van der Waals surface area contributed by atoms with Gasteiger partial charge < -0.3 is 9.63 Å². The Morgan fingerprint density at radius 3 is 2.38 bits per heavy atom. The maximum absolute atomic E-state index is 9.33. The monoisotopic (exact) mass is 217 g/mol. The Balaban J connectivity index is 2.67. The summed E-state index contributed by atoms with van der Waals surface area (Å²) in [6, 6.07) is 6.08. The van der Waals surface area contributed by atoms with E-state index in [0.717, 1.165) is 27.9 Å². The highest BCUT2D eigenvalue weighted by atomic mass is 16.5. The molecule has 3 nitrogen and oxygen atoms in total. The molecule has 1 aromatic heterocycles. The van der Waals surface area contributed by atoms with Crippen molar-refractivity contribution in [2.75, 3.05) is 0 Å². The fraction of sp³-hybridized carbons (Fsp3) is 0.308. The van der Waals surface area contributed by atoms with Crippen LogP contribution < -0.4 is 0 Å². The summed E-state index contributed by atoms with van der Waals surface area (Å²) < 4.78 is 5.14. The molecule has 0 spiro atoms. The highest BCUT2D eigenvalue weighted by molar-refractivity contribution is 5.70. The lowest BCUT2D eigenvalue weighted by Gasteiger charge is -2.07. The molecular formula is C13H15NO2. The number of aliphatic hydroxyl groups excluding tert-OH is 1. The third-order valence-corrected chi connectivity index (χ3v) is 2.86. The smallest absolute Gasteiger partial charge is 0.139 e. The maximum Gasteiger partial charge on any atom is 0.139 e. The van der Waals surface area contributed by atoms with Crippen molar-refractivity contribution in [2.24, 2.45) is 0 Å². The Morgan fingerprint density at radius 1 is 1.19 bits per heavy atom. The lowest BCUT2D eigenvalue weighted by atomic mass is 9.97. The Labute approximate surface area is 94.7 Å². The van der Waals surface area contributed by atoms with Gasteiger partial charge in [0.2, 0.25) is 0 Å². The first kappa shape index (κ1) is 10.9. The lowest BCUT2D eigenvalue weighted by molar-refractivity contribution is 0.278. The molecule has 0 aliphatic heterocycles. The molecule has 1 heterocycles. The van der Waals surface area contributed by atoms with E-state index in [1.807, 2.05) is 39.0 Å². The molecule has 1 aromatic carbocycles. The second-order valence-corrected chi connectivity index (χ2v) is 3.99. The van der Waals surface area contributed by atoms with Crippen LogP contribution in [0.1, 0.15) is 22.5 Å². The molecule has 0 aliphatic rings. The number of rotatable bonds is 2. The van der Waals surface area contributed by atoms with Gasteiger partial charge in [-0.05, 0) is 31.9 Å². The summed E-state index contributed by atoms with van der Waals surface area (Å²) in [5.41, 5.74) is 4.88. The van der Waals surface area contributed by atoms with Gasteiger partial charge in [-0.15, -0.1) is 0 Å².